The lowest BCUT2D eigenvalue weighted by molar-refractivity contribution is -0.120. The third-order valence-electron chi connectivity index (χ3n) is 5.03. The average molecular weight is 361 g/mol. The van der Waals surface area contributed by atoms with Crippen molar-refractivity contribution in [3.05, 3.63) is 53.9 Å². The molecule has 6 heteroatoms. The summed E-state index contributed by atoms with van der Waals surface area (Å²) in [6.45, 7) is 5.45. The second-order valence-electron chi connectivity index (χ2n) is 7.13. The average Bonchev–Trinajstić information content (AvgIpc) is 2.68. The Morgan fingerprint density at radius 2 is 1.93 bits per heavy atom. The van der Waals surface area contributed by atoms with Gasteiger partial charge in [-0.05, 0) is 63.1 Å². The van der Waals surface area contributed by atoms with Crippen molar-refractivity contribution in [2.75, 3.05) is 23.3 Å². The van der Waals surface area contributed by atoms with Crippen molar-refractivity contribution in [2.24, 2.45) is 5.92 Å². The number of nitrogens with zero attached hydrogens (tertiary/aromatic N) is 4. The summed E-state index contributed by atoms with van der Waals surface area (Å²) in [7, 11) is 0. The highest BCUT2D eigenvalue weighted by Gasteiger charge is 2.27. The molecule has 0 spiro atoms. The van der Waals surface area contributed by atoms with Gasteiger partial charge >= 0.3 is 0 Å². The van der Waals surface area contributed by atoms with Gasteiger partial charge in [0, 0.05) is 24.2 Å². The first kappa shape index (κ1) is 17.4. The van der Waals surface area contributed by atoms with E-state index in [-0.39, 0.29) is 11.8 Å². The summed E-state index contributed by atoms with van der Waals surface area (Å²) < 4.78 is 0. The predicted molar refractivity (Wildman–Crippen MR) is 107 cm³/mol. The number of piperidine rings is 1. The molecule has 1 aromatic carbocycles. The van der Waals surface area contributed by atoms with Crippen LogP contribution in [0, 0.1) is 19.8 Å². The van der Waals surface area contributed by atoms with Gasteiger partial charge in [0.2, 0.25) is 5.91 Å². The highest BCUT2D eigenvalue weighted by atomic mass is 16.1. The third-order valence-corrected chi connectivity index (χ3v) is 5.03. The Morgan fingerprint density at radius 1 is 1.07 bits per heavy atom. The van der Waals surface area contributed by atoms with Crippen LogP contribution in [0.3, 0.4) is 0 Å². The molecule has 138 valence electrons. The quantitative estimate of drug-likeness (QED) is 0.773. The fourth-order valence-corrected chi connectivity index (χ4v) is 3.56. The molecule has 1 fully saturated rings. The van der Waals surface area contributed by atoms with Crippen molar-refractivity contribution in [2.45, 2.75) is 26.7 Å². The van der Waals surface area contributed by atoms with Gasteiger partial charge in [0.05, 0.1) is 22.8 Å². The molecule has 1 N–H and O–H groups in total. The van der Waals surface area contributed by atoms with E-state index in [9.17, 15) is 4.79 Å². The van der Waals surface area contributed by atoms with Crippen molar-refractivity contribution in [1.82, 2.24) is 15.2 Å². The maximum Gasteiger partial charge on any atom is 0.229 e. The van der Waals surface area contributed by atoms with Crippen LogP contribution in [0.15, 0.2) is 42.5 Å². The fourth-order valence-electron chi connectivity index (χ4n) is 3.56. The van der Waals surface area contributed by atoms with E-state index < -0.39 is 0 Å². The van der Waals surface area contributed by atoms with Crippen LogP contribution in [0.25, 0.3) is 10.9 Å². The number of amides is 1. The van der Waals surface area contributed by atoms with Gasteiger partial charge in [-0.25, -0.2) is 0 Å². The van der Waals surface area contributed by atoms with Gasteiger partial charge < -0.3 is 10.2 Å². The van der Waals surface area contributed by atoms with Gasteiger partial charge in [-0.15, -0.1) is 5.10 Å². The number of aryl methyl sites for hydroxylation is 2. The molecule has 4 rings (SSSR count). The maximum atomic E-state index is 12.9. The Labute approximate surface area is 158 Å². The van der Waals surface area contributed by atoms with Gasteiger partial charge in [0.15, 0.2) is 5.82 Å². The minimum absolute atomic E-state index is 0.0489. The number of carbonyl (C=O) groups is 1. The largest absolute Gasteiger partial charge is 0.354 e. The molecule has 1 aliphatic rings. The number of anilines is 2. The number of pyridine rings is 1. The first-order valence-electron chi connectivity index (χ1n) is 9.33. The van der Waals surface area contributed by atoms with Gasteiger partial charge in [0.1, 0.15) is 0 Å². The minimum Gasteiger partial charge on any atom is -0.354 e. The summed E-state index contributed by atoms with van der Waals surface area (Å²) in [5, 5.41) is 12.5. The van der Waals surface area contributed by atoms with E-state index in [0.29, 0.717) is 6.54 Å². The van der Waals surface area contributed by atoms with Crippen LogP contribution in [0.5, 0.6) is 0 Å². The van der Waals surface area contributed by atoms with E-state index in [0.717, 1.165) is 53.2 Å². The number of hydrogen-bond donors (Lipinski definition) is 1. The molecule has 6 nitrogen and oxygen atoms in total. The van der Waals surface area contributed by atoms with E-state index in [2.05, 4.69) is 25.4 Å². The first-order chi connectivity index (χ1) is 13.1. The van der Waals surface area contributed by atoms with Crippen LogP contribution in [0.4, 0.5) is 11.5 Å². The molecule has 0 radical (unpaired) electrons. The molecule has 1 atom stereocenters. The zero-order chi connectivity index (χ0) is 18.8. The zero-order valence-corrected chi connectivity index (χ0v) is 15.6. The highest BCUT2D eigenvalue weighted by Crippen LogP contribution is 2.26. The molecule has 1 amide bonds. The number of aromatic nitrogens is 3. The summed E-state index contributed by atoms with van der Waals surface area (Å²) in [6, 6.07) is 13.7. The molecule has 27 heavy (non-hydrogen) atoms. The van der Waals surface area contributed by atoms with Gasteiger partial charge in [-0.2, -0.15) is 5.10 Å². The van der Waals surface area contributed by atoms with Crippen molar-refractivity contribution in [3.8, 4) is 0 Å². The van der Waals surface area contributed by atoms with Gasteiger partial charge in [-0.1, -0.05) is 6.07 Å². The number of nitrogens with one attached hydrogen (secondary N) is 1. The lowest BCUT2D eigenvalue weighted by atomic mass is 9.97. The van der Waals surface area contributed by atoms with E-state index in [4.69, 9.17) is 0 Å². The normalized spacial score (nSPS) is 17.1. The maximum absolute atomic E-state index is 12.9. The molecule has 1 aliphatic heterocycles. The van der Waals surface area contributed by atoms with E-state index in [1.54, 1.807) is 0 Å². The molecule has 1 unspecified atom stereocenters. The highest BCUT2D eigenvalue weighted by molar-refractivity contribution is 6.02. The number of rotatable bonds is 3. The minimum atomic E-state index is -0.0736. The summed E-state index contributed by atoms with van der Waals surface area (Å²) in [6.07, 6.45) is 1.84. The van der Waals surface area contributed by atoms with Crippen molar-refractivity contribution < 1.29 is 4.79 Å². The van der Waals surface area contributed by atoms with Crippen LogP contribution in [0.1, 0.15) is 24.2 Å². The lowest BCUT2D eigenvalue weighted by Gasteiger charge is -2.32. The topological polar surface area (TPSA) is 71.0 Å². The Kier molecular flexibility index (Phi) is 4.71. The summed E-state index contributed by atoms with van der Waals surface area (Å²) in [4.78, 5) is 19.6. The number of hydrogen-bond acceptors (Lipinski definition) is 5. The van der Waals surface area contributed by atoms with Crippen molar-refractivity contribution in [1.29, 1.82) is 0 Å². The van der Waals surface area contributed by atoms with Crippen LogP contribution in [-0.2, 0) is 4.79 Å². The SMILES string of the molecule is Cc1ccc(N2CCCC(C(=O)Nc3cccc4nc(C)ccc34)C2)nn1. The fraction of sp³-hybridized carbons (Fsp3) is 0.333. The second-order valence-corrected chi connectivity index (χ2v) is 7.13. The molecule has 0 saturated carbocycles. The summed E-state index contributed by atoms with van der Waals surface area (Å²) >= 11 is 0. The number of carbonyl (C=O) groups excluding carboxylic acids is 1. The molecular weight excluding hydrogens is 338 g/mol. The van der Waals surface area contributed by atoms with Gasteiger partial charge in [-0.3, -0.25) is 9.78 Å². The first-order valence-corrected chi connectivity index (χ1v) is 9.33. The number of benzene rings is 1. The molecule has 0 aliphatic carbocycles. The van der Waals surface area contributed by atoms with Crippen molar-refractivity contribution >= 4 is 28.3 Å². The number of fused-ring (bicyclic) bond motifs is 1. The third kappa shape index (κ3) is 3.74. The molecular formula is C21H23N5O. The predicted octanol–water partition coefficient (Wildman–Crippen LogP) is 3.50. The lowest BCUT2D eigenvalue weighted by Crippen LogP contribution is -2.41. The Balaban J connectivity index is 1.50. The summed E-state index contributed by atoms with van der Waals surface area (Å²) in [5.41, 5.74) is 3.57. The van der Waals surface area contributed by atoms with E-state index in [1.165, 1.54) is 0 Å². The molecule has 3 aromatic rings. The molecule has 0 bridgehead atoms. The Hall–Kier alpha value is -3.02. The van der Waals surface area contributed by atoms with Gasteiger partial charge in [0.25, 0.3) is 0 Å². The van der Waals surface area contributed by atoms with Crippen LogP contribution >= 0.6 is 0 Å². The summed E-state index contributed by atoms with van der Waals surface area (Å²) in [5.74, 6) is 0.811. The Bertz CT molecular complexity index is 970. The van der Waals surface area contributed by atoms with Crippen LogP contribution in [-0.4, -0.2) is 34.2 Å². The smallest absolute Gasteiger partial charge is 0.229 e. The van der Waals surface area contributed by atoms with Crippen molar-refractivity contribution in [3.63, 3.8) is 0 Å². The molecule has 2 aromatic heterocycles. The standard InChI is InChI=1S/C21H23N5O/c1-14-8-10-17-18(22-14)6-3-7-19(17)23-21(27)16-5-4-12-26(13-16)20-11-9-15(2)24-25-20/h3,6-11,16H,4-5,12-13H2,1-2H3,(H,23,27). The zero-order valence-electron chi connectivity index (χ0n) is 15.6. The van der Waals surface area contributed by atoms with E-state index in [1.807, 2.05) is 56.3 Å². The molecule has 1 saturated heterocycles. The Morgan fingerprint density at radius 3 is 2.74 bits per heavy atom. The monoisotopic (exact) mass is 361 g/mol. The molecule has 3 heterocycles. The second kappa shape index (κ2) is 7.31. The van der Waals surface area contributed by atoms with Crippen LogP contribution in [0.2, 0.25) is 0 Å². The van der Waals surface area contributed by atoms with Crippen LogP contribution < -0.4 is 10.2 Å². The van der Waals surface area contributed by atoms with E-state index >= 15 is 0 Å².